The number of nitrogens with zero attached hydrogens (tertiary/aromatic N) is 4. The molecule has 0 fully saturated rings. The minimum atomic E-state index is -0.279. The Morgan fingerprint density at radius 3 is 2.46 bits per heavy atom. The number of aromatic amines is 3. The topological polar surface area (TPSA) is 91.0 Å². The van der Waals surface area contributed by atoms with Crippen molar-refractivity contribution in [3.63, 3.8) is 0 Å². The molecule has 176 valence electrons. The molecule has 0 saturated carbocycles. The maximum absolute atomic E-state index is 13.6. The van der Waals surface area contributed by atoms with Gasteiger partial charge in [0.05, 0.1) is 6.33 Å². The van der Waals surface area contributed by atoms with Crippen LogP contribution in [-0.4, -0.2) is 34.7 Å². The van der Waals surface area contributed by atoms with Gasteiger partial charge in [-0.25, -0.2) is 13.8 Å². The van der Waals surface area contributed by atoms with E-state index < -0.39 is 0 Å². The summed E-state index contributed by atoms with van der Waals surface area (Å²) in [5.41, 5.74) is 3.60. The van der Waals surface area contributed by atoms with Crippen molar-refractivity contribution < 1.29 is 8.78 Å². The summed E-state index contributed by atoms with van der Waals surface area (Å²) in [5, 5.41) is 11.7. The van der Waals surface area contributed by atoms with Crippen LogP contribution in [0.1, 0.15) is 23.5 Å². The van der Waals surface area contributed by atoms with Crippen molar-refractivity contribution in [1.82, 2.24) is 34.7 Å². The average molecular weight is 490 g/mol. The van der Waals surface area contributed by atoms with Crippen LogP contribution in [-0.2, 0) is 19.4 Å². The van der Waals surface area contributed by atoms with Gasteiger partial charge in [-0.3, -0.25) is 0 Å². The van der Waals surface area contributed by atoms with E-state index in [1.165, 1.54) is 36.0 Å². The highest BCUT2D eigenvalue weighted by atomic mass is 32.2. The fourth-order valence-corrected chi connectivity index (χ4v) is 5.32. The summed E-state index contributed by atoms with van der Waals surface area (Å²) in [7, 11) is 0. The first-order valence-electron chi connectivity index (χ1n) is 11.2. The quantitative estimate of drug-likeness (QED) is 0.259. The monoisotopic (exact) mass is 489 g/mol. The highest BCUT2D eigenvalue weighted by Gasteiger charge is 2.17. The zero-order valence-corrected chi connectivity index (χ0v) is 19.4. The van der Waals surface area contributed by atoms with Gasteiger partial charge in [-0.1, -0.05) is 0 Å². The van der Waals surface area contributed by atoms with Crippen LogP contribution in [0.15, 0.2) is 71.4 Å². The van der Waals surface area contributed by atoms with E-state index in [0.717, 1.165) is 68.3 Å². The van der Waals surface area contributed by atoms with Gasteiger partial charge in [0.1, 0.15) is 17.5 Å². The lowest BCUT2D eigenvalue weighted by Gasteiger charge is -2.10. The van der Waals surface area contributed by atoms with Crippen molar-refractivity contribution in [3.05, 3.63) is 90.0 Å². The fourth-order valence-electron chi connectivity index (χ4n) is 4.33. The second-order valence-electron chi connectivity index (χ2n) is 8.36. The van der Waals surface area contributed by atoms with E-state index in [4.69, 9.17) is 0 Å². The Hall–Kier alpha value is -3.92. The summed E-state index contributed by atoms with van der Waals surface area (Å²) in [6.45, 7) is 0.720. The lowest BCUT2D eigenvalue weighted by Crippen LogP contribution is -2.07. The number of benzene rings is 2. The first-order valence-corrected chi connectivity index (χ1v) is 12.0. The number of hydrogen-bond acceptors (Lipinski definition) is 4. The van der Waals surface area contributed by atoms with Crippen LogP contribution in [0.3, 0.4) is 0 Å². The van der Waals surface area contributed by atoms with Crippen LogP contribution < -0.4 is 0 Å². The highest BCUT2D eigenvalue weighted by molar-refractivity contribution is 7.99. The molecule has 4 aromatic heterocycles. The Morgan fingerprint density at radius 2 is 1.66 bits per heavy atom. The summed E-state index contributed by atoms with van der Waals surface area (Å²) in [4.78, 5) is 14.5. The van der Waals surface area contributed by atoms with E-state index in [1.54, 1.807) is 18.5 Å². The summed E-state index contributed by atoms with van der Waals surface area (Å²) in [5.74, 6) is 0.275. The van der Waals surface area contributed by atoms with Crippen molar-refractivity contribution in [1.29, 1.82) is 0 Å². The number of aromatic nitrogens is 7. The largest absolute Gasteiger partial charge is 0.361 e. The molecule has 0 radical (unpaired) electrons. The normalized spacial score (nSPS) is 11.7. The Kier molecular flexibility index (Phi) is 5.57. The van der Waals surface area contributed by atoms with Gasteiger partial charge >= 0.3 is 0 Å². The molecule has 6 aromatic rings. The van der Waals surface area contributed by atoms with Crippen LogP contribution in [0.25, 0.3) is 21.8 Å². The predicted molar refractivity (Wildman–Crippen MR) is 130 cm³/mol. The number of aryl methyl sites for hydroxylation is 1. The smallest absolute Gasteiger partial charge is 0.196 e. The molecule has 0 aliphatic heterocycles. The van der Waals surface area contributed by atoms with Crippen LogP contribution in [0, 0.1) is 11.6 Å². The highest BCUT2D eigenvalue weighted by Crippen LogP contribution is 2.34. The number of fused-ring (bicyclic) bond motifs is 2. The van der Waals surface area contributed by atoms with Gasteiger partial charge in [-0.15, -0.1) is 10.2 Å². The third-order valence-electron chi connectivity index (χ3n) is 6.06. The third kappa shape index (κ3) is 4.32. The number of H-pyrrole nitrogens is 3. The SMILES string of the molecule is Fc1ccc2c(Cc3nnc(Sc4c[nH]c5cc(F)ccc45)n3CCCc3cnc[nH]3)c[nH]c2c1. The van der Waals surface area contributed by atoms with E-state index in [1.807, 2.05) is 18.6 Å². The molecule has 0 saturated heterocycles. The summed E-state index contributed by atoms with van der Waals surface area (Å²) in [6.07, 6.45) is 9.56. The molecular weight excluding hydrogens is 468 g/mol. The third-order valence-corrected chi connectivity index (χ3v) is 7.10. The summed E-state index contributed by atoms with van der Waals surface area (Å²) >= 11 is 1.50. The van der Waals surface area contributed by atoms with Crippen molar-refractivity contribution in [2.75, 3.05) is 0 Å². The zero-order valence-electron chi connectivity index (χ0n) is 18.6. The van der Waals surface area contributed by atoms with Gasteiger partial charge in [-0.05, 0) is 66.6 Å². The molecule has 0 aliphatic rings. The van der Waals surface area contributed by atoms with Crippen LogP contribution in [0.5, 0.6) is 0 Å². The lowest BCUT2D eigenvalue weighted by molar-refractivity contribution is 0.573. The maximum atomic E-state index is 13.6. The van der Waals surface area contributed by atoms with Crippen LogP contribution >= 0.6 is 11.8 Å². The Balaban J connectivity index is 1.31. The molecule has 3 N–H and O–H groups in total. The maximum Gasteiger partial charge on any atom is 0.196 e. The standard InChI is InChI=1S/C25H21F2N7S/c26-16-3-5-19-15(11-29-21(19)9-16)8-24-32-33-25(34(24)7-1-2-18-12-28-14-31-18)35-23-13-30-22-10-17(27)4-6-20(22)23/h3-6,9-14,29-30H,1-2,7-8H2,(H,28,31). The molecule has 10 heteroatoms. The molecule has 0 bridgehead atoms. The second-order valence-corrected chi connectivity index (χ2v) is 9.37. The first-order chi connectivity index (χ1) is 17.1. The van der Waals surface area contributed by atoms with Crippen molar-refractivity contribution in [3.8, 4) is 0 Å². The predicted octanol–water partition coefficient (Wildman–Crippen LogP) is 5.62. The Bertz CT molecular complexity index is 1510. The molecule has 0 spiro atoms. The number of hydrogen-bond donors (Lipinski definition) is 3. The Morgan fingerprint density at radius 1 is 0.886 bits per heavy atom. The number of halogens is 2. The van der Waals surface area contributed by atoms with Gasteiger partial charge in [0, 0.05) is 64.0 Å². The fraction of sp³-hybridized carbons (Fsp3) is 0.160. The van der Waals surface area contributed by atoms with Gasteiger partial charge in [0.25, 0.3) is 0 Å². The molecule has 4 heterocycles. The minimum Gasteiger partial charge on any atom is -0.361 e. The van der Waals surface area contributed by atoms with E-state index in [-0.39, 0.29) is 11.6 Å². The first kappa shape index (κ1) is 21.6. The van der Waals surface area contributed by atoms with Crippen molar-refractivity contribution in [2.24, 2.45) is 0 Å². The molecule has 35 heavy (non-hydrogen) atoms. The van der Waals surface area contributed by atoms with E-state index >= 15 is 0 Å². The molecule has 6 rings (SSSR count). The van der Waals surface area contributed by atoms with E-state index in [0.29, 0.717) is 6.42 Å². The van der Waals surface area contributed by atoms with Gasteiger partial charge < -0.3 is 19.5 Å². The molecule has 2 aromatic carbocycles. The Labute approximate surface area is 203 Å². The second kappa shape index (κ2) is 9.03. The number of nitrogens with one attached hydrogen (secondary N) is 3. The van der Waals surface area contributed by atoms with E-state index in [2.05, 4.69) is 34.7 Å². The summed E-state index contributed by atoms with van der Waals surface area (Å²) in [6, 6.07) is 9.47. The molecule has 7 nitrogen and oxygen atoms in total. The minimum absolute atomic E-state index is 0.273. The van der Waals surface area contributed by atoms with Crippen LogP contribution in [0.2, 0.25) is 0 Å². The van der Waals surface area contributed by atoms with Gasteiger partial charge in [0.2, 0.25) is 0 Å². The summed E-state index contributed by atoms with van der Waals surface area (Å²) < 4.78 is 29.4. The van der Waals surface area contributed by atoms with Crippen molar-refractivity contribution >= 4 is 33.6 Å². The molecular formula is C25H21F2N7S. The van der Waals surface area contributed by atoms with Crippen molar-refractivity contribution in [2.45, 2.75) is 35.9 Å². The van der Waals surface area contributed by atoms with Gasteiger partial charge in [0.15, 0.2) is 5.16 Å². The average Bonchev–Trinajstić information content (AvgIpc) is 3.64. The zero-order chi connectivity index (χ0) is 23.8. The molecule has 0 unspecified atom stereocenters. The number of rotatable bonds is 8. The number of imidazole rings is 1. The lowest BCUT2D eigenvalue weighted by atomic mass is 10.1. The van der Waals surface area contributed by atoms with Crippen LogP contribution in [0.4, 0.5) is 8.78 Å². The molecule has 0 atom stereocenters. The molecule has 0 aliphatic carbocycles. The molecule has 0 amide bonds. The van der Waals surface area contributed by atoms with E-state index in [9.17, 15) is 8.78 Å². The van der Waals surface area contributed by atoms with Gasteiger partial charge in [-0.2, -0.15) is 0 Å².